The lowest BCUT2D eigenvalue weighted by atomic mass is 10.1. The SMILES string of the molecule is C=CCN=c1scc(-c2ccc3c(c2)NC(=O)CO3)n1N=Cc1ccco1. The standard InChI is InChI=1S/C19H16N4O3S/c1-2-7-20-19-23(21-10-14-4-3-8-25-14)16(12-27-19)13-5-6-17-15(9-13)22-18(24)11-26-17/h2-6,8-10,12H,1,7,11H2,(H,22,24). The molecule has 4 rings (SSSR count). The molecule has 3 heterocycles. The molecule has 27 heavy (non-hydrogen) atoms. The molecule has 0 aliphatic carbocycles. The van der Waals surface area contributed by atoms with Gasteiger partial charge in [0.25, 0.3) is 5.91 Å². The van der Waals surface area contributed by atoms with Crippen molar-refractivity contribution in [1.82, 2.24) is 4.68 Å². The Hall–Kier alpha value is -3.39. The van der Waals surface area contributed by atoms with Gasteiger partial charge in [-0.3, -0.25) is 9.79 Å². The van der Waals surface area contributed by atoms with Gasteiger partial charge in [0.2, 0.25) is 4.80 Å². The highest BCUT2D eigenvalue weighted by Crippen LogP contribution is 2.32. The Morgan fingerprint density at radius 3 is 3.11 bits per heavy atom. The maximum atomic E-state index is 11.6. The fourth-order valence-corrected chi connectivity index (χ4v) is 3.43. The number of hydrogen-bond donors (Lipinski definition) is 1. The summed E-state index contributed by atoms with van der Waals surface area (Å²) in [6, 6.07) is 9.25. The summed E-state index contributed by atoms with van der Waals surface area (Å²) in [4.78, 5) is 16.8. The second kappa shape index (κ2) is 7.46. The fourth-order valence-electron chi connectivity index (χ4n) is 2.58. The molecule has 8 heteroatoms. The van der Waals surface area contributed by atoms with E-state index in [1.54, 1.807) is 29.3 Å². The molecule has 0 fully saturated rings. The molecule has 3 aromatic rings. The largest absolute Gasteiger partial charge is 0.482 e. The van der Waals surface area contributed by atoms with E-state index >= 15 is 0 Å². The number of furan rings is 1. The Bertz CT molecular complexity index is 1080. The number of nitrogens with one attached hydrogen (secondary N) is 1. The maximum absolute atomic E-state index is 11.6. The van der Waals surface area contributed by atoms with E-state index in [-0.39, 0.29) is 12.5 Å². The number of fused-ring (bicyclic) bond motifs is 1. The van der Waals surface area contributed by atoms with Crippen LogP contribution in [0.3, 0.4) is 0 Å². The van der Waals surface area contributed by atoms with Crippen molar-refractivity contribution in [1.29, 1.82) is 0 Å². The molecule has 136 valence electrons. The number of hydrogen-bond acceptors (Lipinski definition) is 6. The minimum absolute atomic E-state index is 0.0306. The number of anilines is 1. The van der Waals surface area contributed by atoms with E-state index in [0.29, 0.717) is 23.7 Å². The highest BCUT2D eigenvalue weighted by molar-refractivity contribution is 7.07. The lowest BCUT2D eigenvalue weighted by Gasteiger charge is -2.18. The van der Waals surface area contributed by atoms with E-state index in [0.717, 1.165) is 16.1 Å². The average molecular weight is 380 g/mol. The summed E-state index contributed by atoms with van der Waals surface area (Å²) in [5.41, 5.74) is 2.36. The Labute approximate surface area is 158 Å². The first-order valence-corrected chi connectivity index (χ1v) is 9.09. The molecule has 1 N–H and O–H groups in total. The van der Waals surface area contributed by atoms with Gasteiger partial charge in [-0.1, -0.05) is 6.08 Å². The molecule has 0 bridgehead atoms. The Kier molecular flexibility index (Phi) is 4.71. The molecule has 0 saturated heterocycles. The number of rotatable bonds is 5. The minimum atomic E-state index is -0.171. The van der Waals surface area contributed by atoms with Crippen LogP contribution in [0.4, 0.5) is 5.69 Å². The molecule has 1 amide bonds. The van der Waals surface area contributed by atoms with Gasteiger partial charge in [0, 0.05) is 10.9 Å². The molecule has 0 atom stereocenters. The Morgan fingerprint density at radius 2 is 2.30 bits per heavy atom. The van der Waals surface area contributed by atoms with E-state index < -0.39 is 0 Å². The Balaban J connectivity index is 1.78. The van der Waals surface area contributed by atoms with Crippen LogP contribution < -0.4 is 14.9 Å². The summed E-state index contributed by atoms with van der Waals surface area (Å²) in [5.74, 6) is 1.12. The summed E-state index contributed by atoms with van der Waals surface area (Å²) in [7, 11) is 0. The summed E-state index contributed by atoms with van der Waals surface area (Å²) < 4.78 is 12.5. The van der Waals surface area contributed by atoms with E-state index in [9.17, 15) is 4.79 Å². The van der Waals surface area contributed by atoms with E-state index in [1.807, 2.05) is 29.6 Å². The smallest absolute Gasteiger partial charge is 0.262 e. The van der Waals surface area contributed by atoms with Crippen molar-refractivity contribution in [2.45, 2.75) is 0 Å². The summed E-state index contributed by atoms with van der Waals surface area (Å²) in [6.45, 7) is 4.23. The maximum Gasteiger partial charge on any atom is 0.262 e. The first-order valence-electron chi connectivity index (χ1n) is 8.21. The lowest BCUT2D eigenvalue weighted by molar-refractivity contribution is -0.118. The third-order valence-corrected chi connectivity index (χ3v) is 4.65. The monoisotopic (exact) mass is 380 g/mol. The fraction of sp³-hybridized carbons (Fsp3) is 0.105. The number of ether oxygens (including phenoxy) is 1. The van der Waals surface area contributed by atoms with Crippen molar-refractivity contribution < 1.29 is 13.9 Å². The summed E-state index contributed by atoms with van der Waals surface area (Å²) in [5, 5.41) is 9.32. The summed E-state index contributed by atoms with van der Waals surface area (Å²) >= 11 is 1.47. The molecular weight excluding hydrogens is 364 g/mol. The molecular formula is C19H16N4O3S. The summed E-state index contributed by atoms with van der Waals surface area (Å²) in [6.07, 6.45) is 4.95. The zero-order valence-corrected chi connectivity index (χ0v) is 15.1. The van der Waals surface area contributed by atoms with Crippen LogP contribution in [0.5, 0.6) is 5.75 Å². The van der Waals surface area contributed by atoms with Crippen molar-refractivity contribution in [3.8, 4) is 17.0 Å². The van der Waals surface area contributed by atoms with Gasteiger partial charge in [-0.05, 0) is 30.3 Å². The lowest BCUT2D eigenvalue weighted by Crippen LogP contribution is -2.25. The van der Waals surface area contributed by atoms with Crippen LogP contribution in [-0.2, 0) is 4.79 Å². The molecule has 1 aliphatic rings. The van der Waals surface area contributed by atoms with Crippen LogP contribution >= 0.6 is 11.3 Å². The zero-order valence-electron chi connectivity index (χ0n) is 14.3. The normalized spacial score (nSPS) is 14.1. The first-order chi connectivity index (χ1) is 13.2. The number of thiazole rings is 1. The topological polar surface area (TPSA) is 81.1 Å². The van der Waals surface area contributed by atoms with Crippen molar-refractivity contribution in [3.63, 3.8) is 0 Å². The van der Waals surface area contributed by atoms with Crippen molar-refractivity contribution in [2.24, 2.45) is 10.1 Å². The third-order valence-electron chi connectivity index (χ3n) is 3.79. The predicted octanol–water partition coefficient (Wildman–Crippen LogP) is 3.11. The predicted molar refractivity (Wildman–Crippen MR) is 104 cm³/mol. The molecule has 1 aromatic carbocycles. The van der Waals surface area contributed by atoms with Gasteiger partial charge >= 0.3 is 0 Å². The van der Waals surface area contributed by atoms with E-state index in [4.69, 9.17) is 9.15 Å². The number of amides is 1. The van der Waals surface area contributed by atoms with Crippen molar-refractivity contribution in [3.05, 3.63) is 65.2 Å². The third kappa shape index (κ3) is 3.61. The van der Waals surface area contributed by atoms with Crippen LogP contribution in [0, 0.1) is 0 Å². The molecule has 1 aliphatic heterocycles. The van der Waals surface area contributed by atoms with Gasteiger partial charge in [0.15, 0.2) is 6.61 Å². The highest BCUT2D eigenvalue weighted by atomic mass is 32.1. The van der Waals surface area contributed by atoms with Crippen LogP contribution in [-0.4, -0.2) is 29.9 Å². The highest BCUT2D eigenvalue weighted by Gasteiger charge is 2.17. The van der Waals surface area contributed by atoms with Crippen LogP contribution in [0.2, 0.25) is 0 Å². The number of nitrogens with zero attached hydrogens (tertiary/aromatic N) is 3. The number of aromatic nitrogens is 1. The second-order valence-corrected chi connectivity index (χ2v) is 6.49. The minimum Gasteiger partial charge on any atom is -0.482 e. The molecule has 2 aromatic heterocycles. The van der Waals surface area contributed by atoms with Crippen molar-refractivity contribution >= 4 is 29.1 Å². The van der Waals surface area contributed by atoms with Gasteiger partial charge in [-0.15, -0.1) is 17.9 Å². The van der Waals surface area contributed by atoms with Gasteiger partial charge in [-0.2, -0.15) is 5.10 Å². The van der Waals surface area contributed by atoms with Gasteiger partial charge in [0.1, 0.15) is 11.5 Å². The van der Waals surface area contributed by atoms with Crippen LogP contribution in [0.15, 0.2) is 69.1 Å². The number of benzene rings is 1. The van der Waals surface area contributed by atoms with E-state index in [2.05, 4.69) is 22.0 Å². The number of carbonyl (C=O) groups excluding carboxylic acids is 1. The zero-order chi connectivity index (χ0) is 18.6. The Morgan fingerprint density at radius 1 is 1.37 bits per heavy atom. The van der Waals surface area contributed by atoms with Gasteiger partial charge < -0.3 is 14.5 Å². The molecule has 0 radical (unpaired) electrons. The molecule has 0 unspecified atom stereocenters. The molecule has 0 spiro atoms. The quantitative estimate of drug-likeness (QED) is 0.545. The van der Waals surface area contributed by atoms with Gasteiger partial charge in [0.05, 0.1) is 30.4 Å². The van der Waals surface area contributed by atoms with Crippen LogP contribution in [0.25, 0.3) is 11.3 Å². The second-order valence-electron chi connectivity index (χ2n) is 5.65. The average Bonchev–Trinajstić information content (AvgIpc) is 3.33. The first kappa shape index (κ1) is 17.0. The van der Waals surface area contributed by atoms with Crippen molar-refractivity contribution in [2.75, 3.05) is 18.5 Å². The molecule has 7 nitrogen and oxygen atoms in total. The van der Waals surface area contributed by atoms with Gasteiger partial charge in [-0.25, -0.2) is 4.68 Å². The van der Waals surface area contributed by atoms with E-state index in [1.165, 1.54) is 11.3 Å². The molecule has 0 saturated carbocycles. The number of carbonyl (C=O) groups is 1. The van der Waals surface area contributed by atoms with Crippen LogP contribution in [0.1, 0.15) is 5.76 Å².